The van der Waals surface area contributed by atoms with E-state index >= 15 is 0 Å². The van der Waals surface area contributed by atoms with Crippen LogP contribution in [0.5, 0.6) is 0 Å². The van der Waals surface area contributed by atoms with Crippen LogP contribution in [-0.2, 0) is 0 Å². The zero-order valence-electron chi connectivity index (χ0n) is 5.51. The number of hydrogen-bond acceptors (Lipinski definition) is 4. The third-order valence-electron chi connectivity index (χ3n) is 2.02. The molecule has 60 valence electrons. The highest BCUT2D eigenvalue weighted by Gasteiger charge is 2.39. The van der Waals surface area contributed by atoms with Gasteiger partial charge in [-0.1, -0.05) is 0 Å². The molecule has 4 atom stereocenters. The van der Waals surface area contributed by atoms with E-state index in [4.69, 9.17) is 20.4 Å². The van der Waals surface area contributed by atoms with E-state index in [2.05, 4.69) is 0 Å². The van der Waals surface area contributed by atoms with E-state index in [1.54, 1.807) is 0 Å². The molecular formula is C6H12O4. The van der Waals surface area contributed by atoms with Crippen LogP contribution in [0.4, 0.5) is 0 Å². The van der Waals surface area contributed by atoms with Crippen molar-refractivity contribution in [3.63, 3.8) is 0 Å². The summed E-state index contributed by atoms with van der Waals surface area (Å²) in [5, 5.41) is 35.6. The number of rotatable bonds is 1. The van der Waals surface area contributed by atoms with Gasteiger partial charge in [0.2, 0.25) is 0 Å². The van der Waals surface area contributed by atoms with Gasteiger partial charge in [-0.05, 0) is 0 Å². The first-order valence-corrected chi connectivity index (χ1v) is 3.32. The molecule has 1 fully saturated rings. The van der Waals surface area contributed by atoms with Crippen molar-refractivity contribution in [3.8, 4) is 0 Å². The summed E-state index contributed by atoms with van der Waals surface area (Å²) in [5.41, 5.74) is 0. The van der Waals surface area contributed by atoms with E-state index in [1.807, 2.05) is 0 Å². The second kappa shape index (κ2) is 2.84. The van der Waals surface area contributed by atoms with Crippen molar-refractivity contribution in [2.75, 3.05) is 6.61 Å². The Hall–Kier alpha value is -0.160. The van der Waals surface area contributed by atoms with Gasteiger partial charge < -0.3 is 20.4 Å². The van der Waals surface area contributed by atoms with Crippen molar-refractivity contribution >= 4 is 0 Å². The van der Waals surface area contributed by atoms with E-state index in [0.29, 0.717) is 0 Å². The zero-order chi connectivity index (χ0) is 7.72. The molecule has 1 rings (SSSR count). The molecule has 0 saturated heterocycles. The Morgan fingerprint density at radius 3 is 1.90 bits per heavy atom. The molecule has 4 nitrogen and oxygen atoms in total. The van der Waals surface area contributed by atoms with Crippen LogP contribution >= 0.6 is 0 Å². The predicted octanol–water partition coefficient (Wildman–Crippen LogP) is -1.92. The molecule has 1 aliphatic carbocycles. The Balaban J connectivity index is 2.55. The van der Waals surface area contributed by atoms with Gasteiger partial charge in [0.25, 0.3) is 0 Å². The van der Waals surface area contributed by atoms with Crippen LogP contribution in [0.25, 0.3) is 0 Å². The summed E-state index contributed by atoms with van der Waals surface area (Å²) in [4.78, 5) is 0. The zero-order valence-corrected chi connectivity index (χ0v) is 5.51. The Labute approximate surface area is 58.7 Å². The van der Waals surface area contributed by atoms with E-state index in [1.165, 1.54) is 0 Å². The van der Waals surface area contributed by atoms with Gasteiger partial charge in [0, 0.05) is 12.3 Å². The molecule has 0 radical (unpaired) electrons. The fraction of sp³-hybridized carbons (Fsp3) is 1.00. The molecule has 0 amide bonds. The van der Waals surface area contributed by atoms with Crippen molar-refractivity contribution in [2.24, 2.45) is 5.92 Å². The lowest BCUT2D eigenvalue weighted by Gasteiger charge is -2.14. The number of hydrogen-bond donors (Lipinski definition) is 4. The molecule has 0 aromatic heterocycles. The molecule has 1 saturated carbocycles. The molecule has 0 unspecified atom stereocenters. The minimum absolute atomic E-state index is 0.159. The van der Waals surface area contributed by atoms with E-state index in [9.17, 15) is 0 Å². The lowest BCUT2D eigenvalue weighted by Crippen LogP contribution is -2.29. The van der Waals surface area contributed by atoms with Crippen LogP contribution in [0.2, 0.25) is 0 Å². The van der Waals surface area contributed by atoms with Gasteiger partial charge in [-0.25, -0.2) is 0 Å². The summed E-state index contributed by atoms with van der Waals surface area (Å²) in [6.45, 7) is -0.278. The molecule has 10 heavy (non-hydrogen) atoms. The fourth-order valence-electron chi connectivity index (χ4n) is 1.30. The summed E-state index contributed by atoms with van der Waals surface area (Å²) in [5.74, 6) is -0.574. The van der Waals surface area contributed by atoms with Crippen LogP contribution in [0.1, 0.15) is 6.42 Å². The maximum absolute atomic E-state index is 9.06. The molecule has 1 aliphatic rings. The van der Waals surface area contributed by atoms with Crippen molar-refractivity contribution in [3.05, 3.63) is 0 Å². The molecule has 0 spiro atoms. The van der Waals surface area contributed by atoms with Gasteiger partial charge in [-0.15, -0.1) is 0 Å². The summed E-state index contributed by atoms with van der Waals surface area (Å²) in [6, 6.07) is 0. The van der Waals surface area contributed by atoms with Crippen molar-refractivity contribution in [2.45, 2.75) is 24.7 Å². The van der Waals surface area contributed by atoms with Gasteiger partial charge in [0.05, 0.1) is 24.9 Å². The van der Waals surface area contributed by atoms with Crippen LogP contribution in [0.3, 0.4) is 0 Å². The first-order chi connectivity index (χ1) is 4.66. The highest BCUT2D eigenvalue weighted by atomic mass is 16.3. The molecule has 0 aromatic rings. The molecule has 4 heteroatoms. The number of aliphatic hydroxyl groups excluding tert-OH is 4. The third-order valence-corrected chi connectivity index (χ3v) is 2.02. The quantitative estimate of drug-likeness (QED) is 0.349. The van der Waals surface area contributed by atoms with Gasteiger partial charge in [0.1, 0.15) is 0 Å². The molecule has 0 heterocycles. The third kappa shape index (κ3) is 1.15. The fourth-order valence-corrected chi connectivity index (χ4v) is 1.30. The smallest absolute Gasteiger partial charge is 0.0874 e. The summed E-state index contributed by atoms with van der Waals surface area (Å²) < 4.78 is 0. The van der Waals surface area contributed by atoms with Gasteiger partial charge >= 0.3 is 0 Å². The molecule has 0 aromatic carbocycles. The molecular weight excluding hydrogens is 136 g/mol. The highest BCUT2D eigenvalue weighted by Crippen LogP contribution is 2.25. The monoisotopic (exact) mass is 148 g/mol. The number of aliphatic hydroxyl groups is 4. The van der Waals surface area contributed by atoms with Gasteiger partial charge in [0.15, 0.2) is 0 Å². The van der Waals surface area contributed by atoms with Crippen LogP contribution in [0.15, 0.2) is 0 Å². The Morgan fingerprint density at radius 1 is 1.10 bits per heavy atom. The van der Waals surface area contributed by atoms with Crippen molar-refractivity contribution in [1.82, 2.24) is 0 Å². The Kier molecular flexibility index (Phi) is 2.25. The minimum atomic E-state index is -0.972. The van der Waals surface area contributed by atoms with E-state index in [0.717, 1.165) is 0 Å². The SMILES string of the molecule is OC[C@H]1[C@H](O)[C@@H](O)C[C@@H]1O. The first kappa shape index (κ1) is 7.94. The largest absolute Gasteiger partial charge is 0.396 e. The topological polar surface area (TPSA) is 80.9 Å². The summed E-state index contributed by atoms with van der Waals surface area (Å²) in [6.07, 6.45) is -2.46. The predicted molar refractivity (Wildman–Crippen MR) is 33.2 cm³/mol. The second-order valence-electron chi connectivity index (χ2n) is 2.71. The van der Waals surface area contributed by atoms with E-state index in [-0.39, 0.29) is 13.0 Å². The minimum Gasteiger partial charge on any atom is -0.396 e. The van der Waals surface area contributed by atoms with Crippen LogP contribution in [0, 0.1) is 5.92 Å². The Morgan fingerprint density at radius 2 is 1.70 bits per heavy atom. The average Bonchev–Trinajstić information content (AvgIpc) is 2.09. The molecule has 0 bridgehead atoms. The van der Waals surface area contributed by atoms with E-state index < -0.39 is 24.2 Å². The standard InChI is InChI=1S/C6H12O4/c7-2-3-4(8)1-5(9)6(3)10/h3-10H,1-2H2/t3-,4+,5+,6+/m1/s1. The maximum Gasteiger partial charge on any atom is 0.0874 e. The molecule has 0 aliphatic heterocycles. The summed E-state index contributed by atoms with van der Waals surface area (Å²) >= 11 is 0. The van der Waals surface area contributed by atoms with Crippen molar-refractivity contribution in [1.29, 1.82) is 0 Å². The molecule has 4 N–H and O–H groups in total. The normalized spacial score (nSPS) is 48.0. The highest BCUT2D eigenvalue weighted by molar-refractivity contribution is 4.90. The van der Waals surface area contributed by atoms with Gasteiger partial charge in [-0.3, -0.25) is 0 Å². The second-order valence-corrected chi connectivity index (χ2v) is 2.71. The lowest BCUT2D eigenvalue weighted by atomic mass is 10.1. The average molecular weight is 148 g/mol. The van der Waals surface area contributed by atoms with Crippen molar-refractivity contribution < 1.29 is 20.4 Å². The maximum atomic E-state index is 9.06. The lowest BCUT2D eigenvalue weighted by molar-refractivity contribution is -0.00584. The van der Waals surface area contributed by atoms with Gasteiger partial charge in [-0.2, -0.15) is 0 Å². The summed E-state index contributed by atoms with van der Waals surface area (Å²) in [7, 11) is 0. The Bertz CT molecular complexity index is 116. The first-order valence-electron chi connectivity index (χ1n) is 3.32. The van der Waals surface area contributed by atoms with Crippen LogP contribution < -0.4 is 0 Å². The van der Waals surface area contributed by atoms with Crippen LogP contribution in [-0.4, -0.2) is 45.3 Å².